The SMILES string of the molecule is O=C(NC[C@H]1CCN(c2ccccc2)C1)c1ccc(S(=O)(=O)Nc2ccncc2)cc1. The van der Waals surface area contributed by atoms with E-state index < -0.39 is 10.0 Å². The maximum absolute atomic E-state index is 12.5. The van der Waals surface area contributed by atoms with Gasteiger partial charge in [-0.25, -0.2) is 8.42 Å². The van der Waals surface area contributed by atoms with E-state index in [0.717, 1.165) is 19.5 Å². The first-order valence-electron chi connectivity index (χ1n) is 10.1. The Labute approximate surface area is 182 Å². The Morgan fingerprint density at radius 1 is 1.00 bits per heavy atom. The number of anilines is 2. The van der Waals surface area contributed by atoms with E-state index in [1.165, 1.54) is 42.3 Å². The van der Waals surface area contributed by atoms with Crippen LogP contribution < -0.4 is 14.9 Å². The fourth-order valence-electron chi connectivity index (χ4n) is 3.63. The van der Waals surface area contributed by atoms with Gasteiger partial charge in [0.1, 0.15) is 0 Å². The second-order valence-corrected chi connectivity index (χ2v) is 9.19. The van der Waals surface area contributed by atoms with Crippen molar-refractivity contribution in [2.45, 2.75) is 11.3 Å². The normalized spacial score (nSPS) is 16.1. The van der Waals surface area contributed by atoms with Crippen LogP contribution in [0.1, 0.15) is 16.8 Å². The van der Waals surface area contributed by atoms with Crippen molar-refractivity contribution in [2.75, 3.05) is 29.3 Å². The van der Waals surface area contributed by atoms with Gasteiger partial charge in [0, 0.05) is 43.3 Å². The van der Waals surface area contributed by atoms with Crippen LogP contribution in [-0.2, 0) is 10.0 Å². The van der Waals surface area contributed by atoms with Gasteiger partial charge in [0.05, 0.1) is 10.6 Å². The molecular weight excluding hydrogens is 412 g/mol. The predicted octanol–water partition coefficient (Wildman–Crippen LogP) is 3.14. The van der Waals surface area contributed by atoms with Crippen LogP contribution in [0.5, 0.6) is 0 Å². The summed E-state index contributed by atoms with van der Waals surface area (Å²) in [4.78, 5) is 18.8. The molecular formula is C23H24N4O3S. The minimum Gasteiger partial charge on any atom is -0.371 e. The Bertz CT molecular complexity index is 1120. The smallest absolute Gasteiger partial charge is 0.261 e. The number of benzene rings is 2. The molecule has 0 aliphatic carbocycles. The molecule has 31 heavy (non-hydrogen) atoms. The molecule has 1 aromatic heterocycles. The summed E-state index contributed by atoms with van der Waals surface area (Å²) in [5.74, 6) is 0.178. The van der Waals surface area contributed by atoms with Crippen LogP contribution in [0.15, 0.2) is 84.0 Å². The molecule has 1 atom stereocenters. The summed E-state index contributed by atoms with van der Waals surface area (Å²) in [6.45, 7) is 2.47. The lowest BCUT2D eigenvalue weighted by Crippen LogP contribution is -2.31. The number of nitrogens with one attached hydrogen (secondary N) is 2. The molecule has 1 aliphatic rings. The molecule has 2 heterocycles. The number of carbonyl (C=O) groups excluding carboxylic acids is 1. The lowest BCUT2D eigenvalue weighted by molar-refractivity contribution is 0.0948. The van der Waals surface area contributed by atoms with Gasteiger partial charge in [0.25, 0.3) is 15.9 Å². The highest BCUT2D eigenvalue weighted by Crippen LogP contribution is 2.23. The topological polar surface area (TPSA) is 91.4 Å². The van der Waals surface area contributed by atoms with Crippen LogP contribution in [0.2, 0.25) is 0 Å². The number of hydrogen-bond acceptors (Lipinski definition) is 5. The Morgan fingerprint density at radius 2 is 1.71 bits per heavy atom. The summed E-state index contributed by atoms with van der Waals surface area (Å²) in [7, 11) is -3.73. The zero-order chi connectivity index (χ0) is 21.7. The van der Waals surface area contributed by atoms with Crippen molar-refractivity contribution < 1.29 is 13.2 Å². The van der Waals surface area contributed by atoms with Gasteiger partial charge in [0.15, 0.2) is 0 Å². The van der Waals surface area contributed by atoms with E-state index in [4.69, 9.17) is 0 Å². The number of para-hydroxylation sites is 1. The zero-order valence-corrected chi connectivity index (χ0v) is 17.8. The van der Waals surface area contributed by atoms with Gasteiger partial charge in [-0.05, 0) is 60.9 Å². The molecule has 8 heteroatoms. The molecule has 0 radical (unpaired) electrons. The fraction of sp³-hybridized carbons (Fsp3) is 0.217. The third-order valence-corrected chi connectivity index (χ3v) is 6.72. The Hall–Kier alpha value is -3.39. The van der Waals surface area contributed by atoms with Gasteiger partial charge < -0.3 is 10.2 Å². The van der Waals surface area contributed by atoms with Crippen molar-refractivity contribution in [3.63, 3.8) is 0 Å². The quantitative estimate of drug-likeness (QED) is 0.594. The van der Waals surface area contributed by atoms with Crippen molar-refractivity contribution in [2.24, 2.45) is 5.92 Å². The summed E-state index contributed by atoms with van der Waals surface area (Å²) in [6, 6.07) is 19.3. The second-order valence-electron chi connectivity index (χ2n) is 7.51. The maximum Gasteiger partial charge on any atom is 0.261 e. The van der Waals surface area contributed by atoms with E-state index >= 15 is 0 Å². The molecule has 2 N–H and O–H groups in total. The monoisotopic (exact) mass is 436 g/mol. The van der Waals surface area contributed by atoms with E-state index in [0.29, 0.717) is 23.7 Å². The molecule has 1 aliphatic heterocycles. The standard InChI is InChI=1S/C23H24N4O3S/c28-23(25-16-18-12-15-27(17-18)21-4-2-1-3-5-21)19-6-8-22(9-7-19)31(29,30)26-20-10-13-24-14-11-20/h1-11,13-14,18H,12,15-17H2,(H,24,26)(H,25,28)/t18-/m1/s1. The largest absolute Gasteiger partial charge is 0.371 e. The van der Waals surface area contributed by atoms with Crippen LogP contribution in [0.4, 0.5) is 11.4 Å². The van der Waals surface area contributed by atoms with Crippen LogP contribution in [0.25, 0.3) is 0 Å². The number of aromatic nitrogens is 1. The van der Waals surface area contributed by atoms with Gasteiger partial charge in [-0.3, -0.25) is 14.5 Å². The molecule has 1 fully saturated rings. The Balaban J connectivity index is 1.31. The van der Waals surface area contributed by atoms with E-state index in [9.17, 15) is 13.2 Å². The van der Waals surface area contributed by atoms with Gasteiger partial charge in [0.2, 0.25) is 0 Å². The molecule has 7 nitrogen and oxygen atoms in total. The number of hydrogen-bond donors (Lipinski definition) is 2. The van der Waals surface area contributed by atoms with Gasteiger partial charge in [-0.15, -0.1) is 0 Å². The van der Waals surface area contributed by atoms with Gasteiger partial charge in [-0.2, -0.15) is 0 Å². The van der Waals surface area contributed by atoms with Gasteiger partial charge >= 0.3 is 0 Å². The Kier molecular flexibility index (Phi) is 6.18. The molecule has 1 saturated heterocycles. The summed E-state index contributed by atoms with van der Waals surface area (Å²) in [5, 5.41) is 2.97. The molecule has 0 bridgehead atoms. The van der Waals surface area contributed by atoms with E-state index in [1.807, 2.05) is 18.2 Å². The summed E-state index contributed by atoms with van der Waals surface area (Å²) in [5.41, 5.74) is 2.06. The Morgan fingerprint density at radius 3 is 2.42 bits per heavy atom. The van der Waals surface area contributed by atoms with Crippen LogP contribution in [0, 0.1) is 5.92 Å². The van der Waals surface area contributed by atoms with Crippen LogP contribution in [0.3, 0.4) is 0 Å². The van der Waals surface area contributed by atoms with E-state index in [-0.39, 0.29) is 10.8 Å². The van der Waals surface area contributed by atoms with Crippen molar-refractivity contribution in [1.29, 1.82) is 0 Å². The zero-order valence-electron chi connectivity index (χ0n) is 16.9. The average Bonchev–Trinajstić information content (AvgIpc) is 3.28. The first-order chi connectivity index (χ1) is 15.0. The summed E-state index contributed by atoms with van der Waals surface area (Å²) < 4.78 is 27.5. The van der Waals surface area contributed by atoms with Crippen molar-refractivity contribution >= 4 is 27.3 Å². The highest BCUT2D eigenvalue weighted by Gasteiger charge is 2.23. The molecule has 0 saturated carbocycles. The molecule has 0 unspecified atom stereocenters. The maximum atomic E-state index is 12.5. The molecule has 4 rings (SSSR count). The minimum absolute atomic E-state index is 0.0927. The number of pyridine rings is 1. The summed E-state index contributed by atoms with van der Waals surface area (Å²) in [6.07, 6.45) is 4.04. The molecule has 0 spiro atoms. The highest BCUT2D eigenvalue weighted by molar-refractivity contribution is 7.92. The van der Waals surface area contributed by atoms with Crippen LogP contribution in [-0.4, -0.2) is 38.9 Å². The van der Waals surface area contributed by atoms with Crippen molar-refractivity contribution in [1.82, 2.24) is 10.3 Å². The van der Waals surface area contributed by atoms with Crippen molar-refractivity contribution in [3.05, 3.63) is 84.7 Å². The highest BCUT2D eigenvalue weighted by atomic mass is 32.2. The number of amides is 1. The third kappa shape index (κ3) is 5.21. The minimum atomic E-state index is -3.73. The number of rotatable bonds is 7. The number of carbonyl (C=O) groups is 1. The second kappa shape index (κ2) is 9.18. The molecule has 160 valence electrons. The number of sulfonamides is 1. The van der Waals surface area contributed by atoms with Gasteiger partial charge in [-0.1, -0.05) is 18.2 Å². The first kappa shape index (κ1) is 20.9. The van der Waals surface area contributed by atoms with E-state index in [2.05, 4.69) is 32.1 Å². The first-order valence-corrected chi connectivity index (χ1v) is 11.6. The molecule has 1 amide bonds. The average molecular weight is 437 g/mol. The predicted molar refractivity (Wildman–Crippen MR) is 121 cm³/mol. The van der Waals surface area contributed by atoms with Crippen LogP contribution >= 0.6 is 0 Å². The fourth-order valence-corrected chi connectivity index (χ4v) is 4.69. The van der Waals surface area contributed by atoms with Crippen molar-refractivity contribution in [3.8, 4) is 0 Å². The molecule has 3 aromatic rings. The van der Waals surface area contributed by atoms with E-state index in [1.54, 1.807) is 12.1 Å². The number of nitrogens with zero attached hydrogens (tertiary/aromatic N) is 2. The lowest BCUT2D eigenvalue weighted by atomic mass is 10.1. The molecule has 2 aromatic carbocycles. The third-order valence-electron chi connectivity index (χ3n) is 5.32. The lowest BCUT2D eigenvalue weighted by Gasteiger charge is -2.18. The summed E-state index contributed by atoms with van der Waals surface area (Å²) >= 11 is 0.